The molecule has 0 saturated carbocycles. The molecule has 0 spiro atoms. The average Bonchev–Trinajstić information content (AvgIpc) is 2.48. The highest BCUT2D eigenvalue weighted by Gasteiger charge is 2.25. The van der Waals surface area contributed by atoms with Gasteiger partial charge in [-0.15, -0.1) is 11.3 Å². The maximum Gasteiger partial charge on any atom is 0.0974 e. The summed E-state index contributed by atoms with van der Waals surface area (Å²) < 4.78 is 0. The van der Waals surface area contributed by atoms with Crippen LogP contribution < -0.4 is 5.32 Å². The average molecular weight is 199 g/mol. The number of hydrogen-bond donors (Lipinski definition) is 2. The SMILES string of the molecule is CNCCC(C)(O)c1sccc1C. The molecule has 0 aliphatic rings. The first-order chi connectivity index (χ1) is 6.08. The van der Waals surface area contributed by atoms with Gasteiger partial charge < -0.3 is 10.4 Å². The maximum atomic E-state index is 10.2. The van der Waals surface area contributed by atoms with E-state index in [0.717, 1.165) is 17.8 Å². The van der Waals surface area contributed by atoms with Crippen molar-refractivity contribution in [2.75, 3.05) is 13.6 Å². The Bertz CT molecular complexity index is 268. The Labute approximate surface area is 83.6 Å². The van der Waals surface area contributed by atoms with E-state index in [1.165, 1.54) is 5.56 Å². The second kappa shape index (κ2) is 4.22. The summed E-state index contributed by atoms with van der Waals surface area (Å²) in [7, 11) is 1.90. The zero-order chi connectivity index (χ0) is 9.90. The molecule has 0 saturated heterocycles. The molecule has 13 heavy (non-hydrogen) atoms. The van der Waals surface area contributed by atoms with Gasteiger partial charge in [-0.3, -0.25) is 0 Å². The molecular formula is C10H17NOS. The summed E-state index contributed by atoms with van der Waals surface area (Å²) in [6.45, 7) is 4.76. The Morgan fingerprint density at radius 3 is 2.77 bits per heavy atom. The molecule has 0 bridgehead atoms. The van der Waals surface area contributed by atoms with Crippen LogP contribution in [0.25, 0.3) is 0 Å². The van der Waals surface area contributed by atoms with Gasteiger partial charge in [-0.25, -0.2) is 0 Å². The van der Waals surface area contributed by atoms with Gasteiger partial charge in [0.2, 0.25) is 0 Å². The van der Waals surface area contributed by atoms with Crippen LogP contribution in [0.2, 0.25) is 0 Å². The predicted molar refractivity (Wildman–Crippen MR) is 57.2 cm³/mol. The number of aliphatic hydroxyl groups is 1. The summed E-state index contributed by atoms with van der Waals surface area (Å²) in [4.78, 5) is 1.09. The van der Waals surface area contributed by atoms with E-state index in [4.69, 9.17) is 0 Å². The molecular weight excluding hydrogens is 182 g/mol. The van der Waals surface area contributed by atoms with Crippen LogP contribution >= 0.6 is 11.3 Å². The van der Waals surface area contributed by atoms with E-state index in [-0.39, 0.29) is 0 Å². The molecule has 0 fully saturated rings. The molecule has 0 aromatic carbocycles. The van der Waals surface area contributed by atoms with Crippen LogP contribution in [0, 0.1) is 6.92 Å². The van der Waals surface area contributed by atoms with Crippen molar-refractivity contribution in [3.63, 3.8) is 0 Å². The third kappa shape index (κ3) is 2.53. The van der Waals surface area contributed by atoms with Gasteiger partial charge in [0.15, 0.2) is 0 Å². The lowest BCUT2D eigenvalue weighted by atomic mass is 9.98. The molecule has 0 aliphatic heterocycles. The number of thiophene rings is 1. The topological polar surface area (TPSA) is 32.3 Å². The molecule has 0 aliphatic carbocycles. The zero-order valence-electron chi connectivity index (χ0n) is 8.42. The summed E-state index contributed by atoms with van der Waals surface area (Å²) in [5.74, 6) is 0. The van der Waals surface area contributed by atoms with Crippen LogP contribution in [0.5, 0.6) is 0 Å². The van der Waals surface area contributed by atoms with Crippen LogP contribution in [-0.2, 0) is 5.60 Å². The summed E-state index contributed by atoms with van der Waals surface area (Å²) >= 11 is 1.63. The molecule has 1 aromatic rings. The van der Waals surface area contributed by atoms with Gasteiger partial charge in [0, 0.05) is 4.88 Å². The summed E-state index contributed by atoms with van der Waals surface area (Å²) in [6, 6.07) is 2.05. The van der Waals surface area contributed by atoms with E-state index in [1.807, 2.05) is 32.3 Å². The lowest BCUT2D eigenvalue weighted by Gasteiger charge is -2.22. The van der Waals surface area contributed by atoms with Crippen molar-refractivity contribution >= 4 is 11.3 Å². The largest absolute Gasteiger partial charge is 0.385 e. The second-order valence-electron chi connectivity index (χ2n) is 3.56. The molecule has 1 heterocycles. The number of hydrogen-bond acceptors (Lipinski definition) is 3. The van der Waals surface area contributed by atoms with Crippen molar-refractivity contribution < 1.29 is 5.11 Å². The quantitative estimate of drug-likeness (QED) is 0.776. The van der Waals surface area contributed by atoms with Crippen molar-refractivity contribution in [1.82, 2.24) is 5.32 Å². The maximum absolute atomic E-state index is 10.2. The fourth-order valence-corrected chi connectivity index (χ4v) is 2.42. The van der Waals surface area contributed by atoms with Crippen LogP contribution in [0.1, 0.15) is 23.8 Å². The Balaban J connectivity index is 2.74. The highest BCUT2D eigenvalue weighted by Crippen LogP contribution is 2.31. The van der Waals surface area contributed by atoms with Gasteiger partial charge in [0.25, 0.3) is 0 Å². The van der Waals surface area contributed by atoms with E-state index in [9.17, 15) is 5.11 Å². The second-order valence-corrected chi connectivity index (χ2v) is 4.48. The molecule has 1 unspecified atom stereocenters. The summed E-state index contributed by atoms with van der Waals surface area (Å²) in [5, 5.41) is 15.2. The first kappa shape index (κ1) is 10.7. The Morgan fingerprint density at radius 2 is 2.31 bits per heavy atom. The minimum atomic E-state index is -0.679. The van der Waals surface area contributed by atoms with Crippen LogP contribution in [0.4, 0.5) is 0 Å². The van der Waals surface area contributed by atoms with Crippen molar-refractivity contribution in [3.8, 4) is 0 Å². The first-order valence-electron chi connectivity index (χ1n) is 4.49. The molecule has 2 nitrogen and oxygen atoms in total. The van der Waals surface area contributed by atoms with Crippen molar-refractivity contribution in [2.24, 2.45) is 0 Å². The fraction of sp³-hybridized carbons (Fsp3) is 0.600. The molecule has 0 radical (unpaired) electrons. The van der Waals surface area contributed by atoms with Gasteiger partial charge in [0.05, 0.1) is 5.60 Å². The number of rotatable bonds is 4. The monoisotopic (exact) mass is 199 g/mol. The minimum absolute atomic E-state index is 0.679. The van der Waals surface area contributed by atoms with E-state index in [0.29, 0.717) is 0 Å². The van der Waals surface area contributed by atoms with Gasteiger partial charge >= 0.3 is 0 Å². The lowest BCUT2D eigenvalue weighted by molar-refractivity contribution is 0.0517. The highest BCUT2D eigenvalue weighted by atomic mass is 32.1. The summed E-state index contributed by atoms with van der Waals surface area (Å²) in [5.41, 5.74) is 0.507. The van der Waals surface area contributed by atoms with Crippen molar-refractivity contribution in [2.45, 2.75) is 25.9 Å². The molecule has 1 rings (SSSR count). The minimum Gasteiger partial charge on any atom is -0.385 e. The van der Waals surface area contributed by atoms with Crippen LogP contribution in [-0.4, -0.2) is 18.7 Å². The van der Waals surface area contributed by atoms with Gasteiger partial charge in [-0.2, -0.15) is 0 Å². The molecule has 74 valence electrons. The van der Waals surface area contributed by atoms with E-state index in [1.54, 1.807) is 11.3 Å². The molecule has 0 amide bonds. The van der Waals surface area contributed by atoms with Gasteiger partial charge in [-0.05, 0) is 50.9 Å². The third-order valence-electron chi connectivity index (χ3n) is 2.21. The Kier molecular flexibility index (Phi) is 3.47. The number of aryl methyl sites for hydroxylation is 1. The van der Waals surface area contributed by atoms with Gasteiger partial charge in [-0.1, -0.05) is 0 Å². The predicted octanol–water partition coefficient (Wildman–Crippen LogP) is 1.87. The Hall–Kier alpha value is -0.380. The van der Waals surface area contributed by atoms with Gasteiger partial charge in [0.1, 0.15) is 0 Å². The lowest BCUT2D eigenvalue weighted by Crippen LogP contribution is -2.26. The first-order valence-corrected chi connectivity index (χ1v) is 5.37. The smallest absolute Gasteiger partial charge is 0.0974 e. The number of nitrogens with one attached hydrogen (secondary N) is 1. The van der Waals surface area contributed by atoms with Crippen LogP contribution in [0.3, 0.4) is 0 Å². The highest BCUT2D eigenvalue weighted by molar-refractivity contribution is 7.10. The summed E-state index contributed by atoms with van der Waals surface area (Å²) in [6.07, 6.45) is 0.755. The van der Waals surface area contributed by atoms with Crippen molar-refractivity contribution in [3.05, 3.63) is 21.9 Å². The third-order valence-corrected chi connectivity index (χ3v) is 3.48. The zero-order valence-corrected chi connectivity index (χ0v) is 9.24. The van der Waals surface area contributed by atoms with E-state index >= 15 is 0 Å². The van der Waals surface area contributed by atoms with E-state index < -0.39 is 5.60 Å². The molecule has 1 atom stereocenters. The molecule has 2 N–H and O–H groups in total. The normalized spacial score (nSPS) is 15.7. The van der Waals surface area contributed by atoms with Crippen LogP contribution in [0.15, 0.2) is 11.4 Å². The van der Waals surface area contributed by atoms with E-state index in [2.05, 4.69) is 5.32 Å². The standard InChI is InChI=1S/C10H17NOS/c1-8-4-7-13-9(8)10(2,12)5-6-11-3/h4,7,11-12H,5-6H2,1-3H3. The fourth-order valence-electron chi connectivity index (χ4n) is 1.41. The van der Waals surface area contributed by atoms with Crippen molar-refractivity contribution in [1.29, 1.82) is 0 Å². The molecule has 1 aromatic heterocycles. The Morgan fingerprint density at radius 1 is 1.62 bits per heavy atom. The molecule has 3 heteroatoms.